The van der Waals surface area contributed by atoms with Gasteiger partial charge in [-0.05, 0) is 6.42 Å². The highest BCUT2D eigenvalue weighted by Crippen LogP contribution is 2.00. The summed E-state index contributed by atoms with van der Waals surface area (Å²) in [5.41, 5.74) is 0. The lowest BCUT2D eigenvalue weighted by Gasteiger charge is -2.01. The molecule has 23 heavy (non-hydrogen) atoms. The average Bonchev–Trinajstić information content (AvgIpc) is 2.40. The summed E-state index contributed by atoms with van der Waals surface area (Å²) < 4.78 is 101. The zero-order chi connectivity index (χ0) is 19.1. The maximum atomic E-state index is 11.4. The Bertz CT molecular complexity index is 406. The fraction of sp³-hybridized carbons (Fsp3) is 1.00. The SMILES string of the molecule is O=S(=O)(O)C(CF)CF.O=S(=O)(O)C(CF)CF.OCCCO. The average molecular weight is 396 g/mol. The number of hydrogen-bond donors (Lipinski definition) is 4. The second-order valence-electron chi connectivity index (χ2n) is 3.69. The van der Waals surface area contributed by atoms with Crippen LogP contribution in [0.3, 0.4) is 0 Å². The molecule has 0 saturated carbocycles. The first-order chi connectivity index (χ1) is 10.5. The van der Waals surface area contributed by atoms with Crippen LogP contribution in [0.5, 0.6) is 0 Å². The standard InChI is InChI=1S/2C3H6F2O3S.C3H8O2/c2*4-1-3(2-5)9(6,7)8;4-2-1-3-5/h2*3H,1-2H2,(H,6,7,8);4-5H,1-3H2. The molecule has 4 N–H and O–H groups in total. The van der Waals surface area contributed by atoms with Crippen molar-refractivity contribution in [2.75, 3.05) is 39.9 Å². The van der Waals surface area contributed by atoms with Crippen LogP contribution in [0.25, 0.3) is 0 Å². The van der Waals surface area contributed by atoms with Crippen LogP contribution in [0.2, 0.25) is 0 Å². The highest BCUT2D eigenvalue weighted by molar-refractivity contribution is 7.86. The van der Waals surface area contributed by atoms with Crippen LogP contribution in [-0.4, -0.2) is 86.6 Å². The first-order valence-electron chi connectivity index (χ1n) is 5.84. The molecular weight excluding hydrogens is 376 g/mol. The number of alkyl halides is 4. The van der Waals surface area contributed by atoms with Crippen molar-refractivity contribution in [1.29, 1.82) is 0 Å². The molecule has 0 spiro atoms. The first-order valence-corrected chi connectivity index (χ1v) is 8.84. The molecular formula is C9H20F4O8S2. The van der Waals surface area contributed by atoms with E-state index in [0.717, 1.165) is 0 Å². The third-order valence-corrected chi connectivity index (χ3v) is 4.04. The van der Waals surface area contributed by atoms with Crippen molar-refractivity contribution in [2.24, 2.45) is 0 Å². The van der Waals surface area contributed by atoms with E-state index in [2.05, 4.69) is 0 Å². The van der Waals surface area contributed by atoms with E-state index in [4.69, 9.17) is 19.3 Å². The highest BCUT2D eigenvalue weighted by atomic mass is 32.2. The van der Waals surface area contributed by atoms with Gasteiger partial charge in [-0.2, -0.15) is 16.8 Å². The molecule has 0 aromatic carbocycles. The van der Waals surface area contributed by atoms with Crippen LogP contribution in [0.15, 0.2) is 0 Å². The van der Waals surface area contributed by atoms with Gasteiger partial charge < -0.3 is 10.2 Å². The Balaban J connectivity index is -0.000000273. The maximum absolute atomic E-state index is 11.4. The highest BCUT2D eigenvalue weighted by Gasteiger charge is 2.22. The molecule has 0 aliphatic heterocycles. The van der Waals surface area contributed by atoms with Crippen LogP contribution in [0.1, 0.15) is 6.42 Å². The summed E-state index contributed by atoms with van der Waals surface area (Å²) in [5, 5.41) is 12.0. The molecule has 0 amide bonds. The van der Waals surface area contributed by atoms with Crippen molar-refractivity contribution >= 4 is 20.2 Å². The largest absolute Gasteiger partial charge is 0.396 e. The molecule has 0 atom stereocenters. The normalized spacial score (nSPS) is 11.6. The molecule has 0 heterocycles. The zero-order valence-electron chi connectivity index (χ0n) is 11.9. The molecule has 0 rings (SSSR count). The van der Waals surface area contributed by atoms with Crippen molar-refractivity contribution in [1.82, 2.24) is 0 Å². The van der Waals surface area contributed by atoms with E-state index >= 15 is 0 Å². The van der Waals surface area contributed by atoms with Crippen LogP contribution in [-0.2, 0) is 20.2 Å². The predicted molar refractivity (Wildman–Crippen MR) is 73.4 cm³/mol. The molecule has 8 nitrogen and oxygen atoms in total. The number of aliphatic hydroxyl groups excluding tert-OH is 2. The van der Waals surface area contributed by atoms with Crippen LogP contribution in [0.4, 0.5) is 17.6 Å². The van der Waals surface area contributed by atoms with Gasteiger partial charge in [0.15, 0.2) is 0 Å². The Labute approximate surface area is 131 Å². The molecule has 144 valence electrons. The number of halogens is 4. The van der Waals surface area contributed by atoms with Gasteiger partial charge in [0.05, 0.1) is 0 Å². The second kappa shape index (κ2) is 15.0. The quantitative estimate of drug-likeness (QED) is 0.323. The van der Waals surface area contributed by atoms with E-state index in [-0.39, 0.29) is 13.2 Å². The van der Waals surface area contributed by atoms with Crippen LogP contribution >= 0.6 is 0 Å². The van der Waals surface area contributed by atoms with E-state index in [1.165, 1.54) is 0 Å². The molecule has 0 radical (unpaired) electrons. The Morgan fingerprint density at radius 1 is 0.652 bits per heavy atom. The third kappa shape index (κ3) is 17.6. The smallest absolute Gasteiger partial charge is 0.272 e. The lowest BCUT2D eigenvalue weighted by atomic mass is 10.5. The maximum Gasteiger partial charge on any atom is 0.272 e. The molecule has 0 aromatic rings. The molecule has 0 bridgehead atoms. The van der Waals surface area contributed by atoms with Crippen molar-refractivity contribution in [3.05, 3.63) is 0 Å². The third-order valence-electron chi connectivity index (χ3n) is 1.85. The van der Waals surface area contributed by atoms with Crippen LogP contribution < -0.4 is 0 Å². The van der Waals surface area contributed by atoms with Gasteiger partial charge in [-0.3, -0.25) is 9.11 Å². The molecule has 0 aliphatic carbocycles. The van der Waals surface area contributed by atoms with Gasteiger partial charge >= 0.3 is 0 Å². The number of aliphatic hydroxyl groups is 2. The predicted octanol–water partition coefficient (Wildman–Crippen LogP) is -0.275. The summed E-state index contributed by atoms with van der Waals surface area (Å²) in [6, 6.07) is 0. The Morgan fingerprint density at radius 3 is 0.870 bits per heavy atom. The number of rotatable bonds is 8. The summed E-state index contributed by atoms with van der Waals surface area (Å²) in [5.74, 6) is 0. The van der Waals surface area contributed by atoms with E-state index < -0.39 is 57.4 Å². The van der Waals surface area contributed by atoms with E-state index in [1.807, 2.05) is 0 Å². The Hall–Kier alpha value is -0.540. The van der Waals surface area contributed by atoms with Crippen molar-refractivity contribution in [2.45, 2.75) is 16.9 Å². The van der Waals surface area contributed by atoms with Gasteiger partial charge in [-0.1, -0.05) is 0 Å². The summed E-state index contributed by atoms with van der Waals surface area (Å²) in [7, 11) is -9.03. The lowest BCUT2D eigenvalue weighted by molar-refractivity contribution is 0.221. The van der Waals surface area contributed by atoms with Gasteiger partial charge in [-0.25, -0.2) is 17.6 Å². The van der Waals surface area contributed by atoms with Gasteiger partial charge in [-0.15, -0.1) is 0 Å². The summed E-state index contributed by atoms with van der Waals surface area (Å²) >= 11 is 0. The molecule has 0 aliphatic rings. The fourth-order valence-electron chi connectivity index (χ4n) is 0.472. The summed E-state index contributed by atoms with van der Waals surface area (Å²) in [4.78, 5) is 0. The van der Waals surface area contributed by atoms with Gasteiger partial charge in [0, 0.05) is 13.2 Å². The van der Waals surface area contributed by atoms with E-state index in [0.29, 0.717) is 6.42 Å². The minimum Gasteiger partial charge on any atom is -0.396 e. The van der Waals surface area contributed by atoms with Gasteiger partial charge in [0.2, 0.25) is 0 Å². The zero-order valence-corrected chi connectivity index (χ0v) is 13.5. The molecule has 0 fully saturated rings. The summed E-state index contributed by atoms with van der Waals surface area (Å²) in [6.07, 6.45) is 0.500. The molecule has 0 saturated heterocycles. The van der Waals surface area contributed by atoms with Gasteiger partial charge in [0.1, 0.15) is 37.2 Å². The minimum absolute atomic E-state index is 0.0938. The Kier molecular flexibility index (Phi) is 17.8. The van der Waals surface area contributed by atoms with Crippen molar-refractivity contribution < 1.29 is 53.7 Å². The van der Waals surface area contributed by atoms with E-state index in [1.54, 1.807) is 0 Å². The van der Waals surface area contributed by atoms with Crippen LogP contribution in [0, 0.1) is 0 Å². The molecule has 0 unspecified atom stereocenters. The number of hydrogen-bond acceptors (Lipinski definition) is 6. The minimum atomic E-state index is -4.52. The second-order valence-corrected chi connectivity index (χ2v) is 7.09. The molecule has 14 heteroatoms. The lowest BCUT2D eigenvalue weighted by Crippen LogP contribution is -2.24. The van der Waals surface area contributed by atoms with Gasteiger partial charge in [0.25, 0.3) is 20.2 Å². The first kappa shape index (κ1) is 27.3. The molecule has 0 aromatic heterocycles. The van der Waals surface area contributed by atoms with Crippen molar-refractivity contribution in [3.8, 4) is 0 Å². The van der Waals surface area contributed by atoms with Crippen molar-refractivity contribution in [3.63, 3.8) is 0 Å². The summed E-state index contributed by atoms with van der Waals surface area (Å²) in [6.45, 7) is -5.39. The van der Waals surface area contributed by atoms with E-state index in [9.17, 15) is 34.4 Å². The fourth-order valence-corrected chi connectivity index (χ4v) is 1.11. The topological polar surface area (TPSA) is 149 Å². The monoisotopic (exact) mass is 396 g/mol. The Morgan fingerprint density at radius 2 is 0.870 bits per heavy atom.